The van der Waals surface area contributed by atoms with Crippen LogP contribution in [0.25, 0.3) is 16.9 Å². The van der Waals surface area contributed by atoms with Gasteiger partial charge in [-0.15, -0.1) is 0 Å². The normalized spacial score (nSPS) is 13.8. The molecular weight excluding hydrogens is 372 g/mol. The van der Waals surface area contributed by atoms with Gasteiger partial charge in [-0.05, 0) is 62.1 Å². The highest BCUT2D eigenvalue weighted by atomic mass is 35.5. The predicted molar refractivity (Wildman–Crippen MR) is 105 cm³/mol. The van der Waals surface area contributed by atoms with Crippen LogP contribution in [-0.4, -0.2) is 16.3 Å². The predicted octanol–water partition coefficient (Wildman–Crippen LogP) is 6.04. The maximum atomic E-state index is 13.5. The first-order valence-electron chi connectivity index (χ1n) is 8.62. The molecule has 1 aromatic heterocycles. The summed E-state index contributed by atoms with van der Waals surface area (Å²) in [4.78, 5) is 0. The van der Waals surface area contributed by atoms with Crippen molar-refractivity contribution in [1.29, 1.82) is 0 Å². The summed E-state index contributed by atoms with van der Waals surface area (Å²) in [5.74, 6) is 0.608. The maximum absolute atomic E-state index is 13.5. The van der Waals surface area contributed by atoms with Gasteiger partial charge in [-0.3, -0.25) is 0 Å². The number of aromatic nitrogens is 2. The Morgan fingerprint density at radius 1 is 1.12 bits per heavy atom. The lowest BCUT2D eigenvalue weighted by molar-refractivity contribution is 0.628. The molecule has 0 fully saturated rings. The number of nitrogens with zero attached hydrogens (tertiary/aromatic N) is 2. The van der Waals surface area contributed by atoms with Crippen molar-refractivity contribution in [3.05, 3.63) is 63.4 Å². The molecule has 0 bridgehead atoms. The molecule has 0 amide bonds. The summed E-state index contributed by atoms with van der Waals surface area (Å²) in [5, 5.41) is 9.38. The second-order valence-corrected chi connectivity index (χ2v) is 7.37. The van der Waals surface area contributed by atoms with Gasteiger partial charge in [0.15, 0.2) is 0 Å². The fourth-order valence-corrected chi connectivity index (χ4v) is 3.81. The molecule has 2 heterocycles. The number of nitrogens with one attached hydrogen (secondary N) is 1. The van der Waals surface area contributed by atoms with E-state index in [1.165, 1.54) is 12.1 Å². The van der Waals surface area contributed by atoms with E-state index in [0.29, 0.717) is 10.0 Å². The summed E-state index contributed by atoms with van der Waals surface area (Å²) < 4.78 is 15.4. The molecule has 1 aliphatic rings. The van der Waals surface area contributed by atoms with Gasteiger partial charge in [0.2, 0.25) is 0 Å². The van der Waals surface area contributed by atoms with Crippen LogP contribution in [0.15, 0.2) is 36.4 Å². The molecule has 6 heteroatoms. The van der Waals surface area contributed by atoms with Crippen LogP contribution >= 0.6 is 23.2 Å². The molecule has 0 saturated carbocycles. The standard InChI is InChI=1S/C20H18Cl2FN3/c1-12-5-6-13(21)10-18(12)26-20-16(4-2-3-9-24-20)19(25-26)15-8-7-14(23)11-17(15)22/h5-8,10-11,24H,2-4,9H2,1H3. The molecule has 4 rings (SSSR count). The SMILES string of the molecule is Cc1ccc(Cl)cc1-n1nc(-c2ccc(F)cc2Cl)c2c1NCCCC2. The molecule has 26 heavy (non-hydrogen) atoms. The summed E-state index contributed by atoms with van der Waals surface area (Å²) >= 11 is 12.6. The van der Waals surface area contributed by atoms with Gasteiger partial charge in [0, 0.05) is 22.7 Å². The Morgan fingerprint density at radius 2 is 1.96 bits per heavy atom. The lowest BCUT2D eigenvalue weighted by Crippen LogP contribution is -2.08. The zero-order valence-corrected chi connectivity index (χ0v) is 15.8. The van der Waals surface area contributed by atoms with Crippen molar-refractivity contribution in [2.45, 2.75) is 26.2 Å². The van der Waals surface area contributed by atoms with Gasteiger partial charge in [-0.2, -0.15) is 5.10 Å². The zero-order chi connectivity index (χ0) is 18.3. The van der Waals surface area contributed by atoms with Crippen LogP contribution in [0.4, 0.5) is 10.2 Å². The van der Waals surface area contributed by atoms with Crippen molar-refractivity contribution in [2.24, 2.45) is 0 Å². The number of benzene rings is 2. The number of fused-ring (bicyclic) bond motifs is 1. The molecule has 3 nitrogen and oxygen atoms in total. The van der Waals surface area contributed by atoms with E-state index in [1.54, 1.807) is 6.07 Å². The highest BCUT2D eigenvalue weighted by Gasteiger charge is 2.23. The number of aryl methyl sites for hydroxylation is 1. The van der Waals surface area contributed by atoms with E-state index >= 15 is 0 Å². The Labute approximate surface area is 161 Å². The van der Waals surface area contributed by atoms with Gasteiger partial charge in [-0.1, -0.05) is 29.3 Å². The highest BCUT2D eigenvalue weighted by molar-refractivity contribution is 6.33. The van der Waals surface area contributed by atoms with Gasteiger partial charge in [0.05, 0.1) is 16.4 Å². The van der Waals surface area contributed by atoms with E-state index in [0.717, 1.165) is 59.7 Å². The monoisotopic (exact) mass is 389 g/mol. The van der Waals surface area contributed by atoms with Crippen molar-refractivity contribution < 1.29 is 4.39 Å². The average Bonchev–Trinajstić information content (AvgIpc) is 2.78. The third-order valence-corrected chi connectivity index (χ3v) is 5.26. The summed E-state index contributed by atoms with van der Waals surface area (Å²) in [6, 6.07) is 10.2. The molecule has 0 atom stereocenters. The summed E-state index contributed by atoms with van der Waals surface area (Å²) in [7, 11) is 0. The molecule has 3 aromatic rings. The Hall–Kier alpha value is -2.04. The van der Waals surface area contributed by atoms with E-state index < -0.39 is 0 Å². The van der Waals surface area contributed by atoms with E-state index in [1.807, 2.05) is 29.8 Å². The molecule has 1 N–H and O–H groups in total. The van der Waals surface area contributed by atoms with Crippen molar-refractivity contribution in [3.8, 4) is 16.9 Å². The van der Waals surface area contributed by atoms with Crippen LogP contribution < -0.4 is 5.32 Å². The topological polar surface area (TPSA) is 29.9 Å². The van der Waals surface area contributed by atoms with Crippen molar-refractivity contribution >= 4 is 29.0 Å². The second kappa shape index (κ2) is 6.93. The number of hydrogen-bond acceptors (Lipinski definition) is 2. The molecule has 2 aromatic carbocycles. The lowest BCUT2D eigenvalue weighted by Gasteiger charge is -2.12. The fourth-order valence-electron chi connectivity index (χ4n) is 3.39. The first kappa shape index (κ1) is 17.4. The van der Waals surface area contributed by atoms with Crippen LogP contribution in [0.5, 0.6) is 0 Å². The fraction of sp³-hybridized carbons (Fsp3) is 0.250. The Balaban J connectivity index is 1.96. The molecule has 0 spiro atoms. The Bertz CT molecular complexity index is 981. The van der Waals surface area contributed by atoms with Gasteiger partial charge in [0.25, 0.3) is 0 Å². The largest absolute Gasteiger partial charge is 0.370 e. The molecule has 134 valence electrons. The van der Waals surface area contributed by atoms with E-state index in [9.17, 15) is 4.39 Å². The van der Waals surface area contributed by atoms with Crippen LogP contribution in [0.1, 0.15) is 24.0 Å². The summed E-state index contributed by atoms with van der Waals surface area (Å²) in [6.07, 6.45) is 3.04. The number of rotatable bonds is 2. The first-order valence-corrected chi connectivity index (χ1v) is 9.38. The smallest absolute Gasteiger partial charge is 0.133 e. The third kappa shape index (κ3) is 3.08. The minimum absolute atomic E-state index is 0.354. The third-order valence-electron chi connectivity index (χ3n) is 4.72. The first-order chi connectivity index (χ1) is 12.5. The molecule has 0 radical (unpaired) electrons. The average molecular weight is 390 g/mol. The second-order valence-electron chi connectivity index (χ2n) is 6.53. The summed E-state index contributed by atoms with van der Waals surface area (Å²) in [6.45, 7) is 2.91. The number of halogens is 3. The quantitative estimate of drug-likeness (QED) is 0.578. The van der Waals surface area contributed by atoms with Gasteiger partial charge in [0.1, 0.15) is 11.6 Å². The minimum atomic E-state index is -0.354. The van der Waals surface area contributed by atoms with E-state index in [-0.39, 0.29) is 5.82 Å². The zero-order valence-electron chi connectivity index (χ0n) is 14.3. The maximum Gasteiger partial charge on any atom is 0.133 e. The molecular formula is C20H18Cl2FN3. The highest BCUT2D eigenvalue weighted by Crippen LogP contribution is 2.37. The van der Waals surface area contributed by atoms with Crippen molar-refractivity contribution in [3.63, 3.8) is 0 Å². The molecule has 0 unspecified atom stereocenters. The number of anilines is 1. The van der Waals surface area contributed by atoms with Crippen LogP contribution in [-0.2, 0) is 6.42 Å². The molecule has 0 aliphatic carbocycles. The molecule has 1 aliphatic heterocycles. The van der Waals surface area contributed by atoms with Crippen molar-refractivity contribution in [2.75, 3.05) is 11.9 Å². The Morgan fingerprint density at radius 3 is 2.77 bits per heavy atom. The van der Waals surface area contributed by atoms with E-state index in [2.05, 4.69) is 5.32 Å². The summed E-state index contributed by atoms with van der Waals surface area (Å²) in [5.41, 5.74) is 4.63. The lowest BCUT2D eigenvalue weighted by atomic mass is 10.0. The Kier molecular flexibility index (Phi) is 4.63. The van der Waals surface area contributed by atoms with Crippen LogP contribution in [0, 0.1) is 12.7 Å². The van der Waals surface area contributed by atoms with Gasteiger partial charge < -0.3 is 5.32 Å². The van der Waals surface area contributed by atoms with Crippen LogP contribution in [0.2, 0.25) is 10.0 Å². The molecule has 0 saturated heterocycles. The van der Waals surface area contributed by atoms with E-state index in [4.69, 9.17) is 28.3 Å². The minimum Gasteiger partial charge on any atom is -0.370 e. The van der Waals surface area contributed by atoms with Crippen LogP contribution in [0.3, 0.4) is 0 Å². The van der Waals surface area contributed by atoms with Gasteiger partial charge in [-0.25, -0.2) is 9.07 Å². The number of hydrogen-bond donors (Lipinski definition) is 1. The van der Waals surface area contributed by atoms with Crippen molar-refractivity contribution in [1.82, 2.24) is 9.78 Å². The van der Waals surface area contributed by atoms with Gasteiger partial charge >= 0.3 is 0 Å².